The van der Waals surface area contributed by atoms with E-state index in [4.69, 9.17) is 15.2 Å². The molecule has 1 unspecified atom stereocenters. The lowest BCUT2D eigenvalue weighted by molar-refractivity contribution is 0.287. The first kappa shape index (κ1) is 15.4. The third-order valence-corrected chi connectivity index (χ3v) is 3.19. The maximum atomic E-state index is 6.28. The molecule has 0 fully saturated rings. The minimum atomic E-state index is -0.116. The topological polar surface area (TPSA) is 62.3 Å². The summed E-state index contributed by atoms with van der Waals surface area (Å²) in [5.41, 5.74) is 8.28. The first-order valence-corrected chi connectivity index (χ1v) is 7.27. The van der Waals surface area contributed by atoms with Crippen LogP contribution in [0, 0.1) is 0 Å². The highest BCUT2D eigenvalue weighted by Crippen LogP contribution is 2.30. The second-order valence-electron chi connectivity index (χ2n) is 4.86. The molecule has 2 aromatic rings. The Balaban J connectivity index is 2.16. The maximum absolute atomic E-state index is 6.28. The Bertz CT molecular complexity index is 581. The highest BCUT2D eigenvalue weighted by Gasteiger charge is 2.13. The van der Waals surface area contributed by atoms with Gasteiger partial charge >= 0.3 is 0 Å². The molecule has 0 saturated carbocycles. The SMILES string of the molecule is CCOc1ccc(C(N)Cc2ccn(C)n2)cc1OCC. The van der Waals surface area contributed by atoms with E-state index in [0.29, 0.717) is 19.6 Å². The number of aromatic nitrogens is 2. The summed E-state index contributed by atoms with van der Waals surface area (Å²) in [6.07, 6.45) is 2.62. The molecule has 0 amide bonds. The predicted molar refractivity (Wildman–Crippen MR) is 82.6 cm³/mol. The number of hydrogen-bond donors (Lipinski definition) is 1. The maximum Gasteiger partial charge on any atom is 0.161 e. The van der Waals surface area contributed by atoms with E-state index in [1.165, 1.54) is 0 Å². The summed E-state index contributed by atoms with van der Waals surface area (Å²) in [7, 11) is 1.90. The zero-order chi connectivity index (χ0) is 15.2. The van der Waals surface area contributed by atoms with Crippen LogP contribution in [-0.2, 0) is 13.5 Å². The molecule has 1 aromatic heterocycles. The zero-order valence-electron chi connectivity index (χ0n) is 12.9. The number of ether oxygens (including phenoxy) is 2. The van der Waals surface area contributed by atoms with Gasteiger partial charge in [0.05, 0.1) is 18.9 Å². The normalized spacial score (nSPS) is 12.2. The molecule has 114 valence electrons. The van der Waals surface area contributed by atoms with Crippen molar-refractivity contribution in [2.75, 3.05) is 13.2 Å². The highest BCUT2D eigenvalue weighted by molar-refractivity contribution is 5.44. The van der Waals surface area contributed by atoms with Gasteiger partial charge in [-0.05, 0) is 37.6 Å². The molecule has 1 heterocycles. The quantitative estimate of drug-likeness (QED) is 0.850. The van der Waals surface area contributed by atoms with Crippen molar-refractivity contribution in [2.24, 2.45) is 12.8 Å². The standard InChI is InChI=1S/C16H23N3O2/c1-4-20-15-7-6-12(10-16(15)21-5-2)14(17)11-13-8-9-19(3)18-13/h6-10,14H,4-5,11,17H2,1-3H3. The third kappa shape index (κ3) is 3.98. The van der Waals surface area contributed by atoms with E-state index >= 15 is 0 Å². The molecule has 0 aliphatic carbocycles. The summed E-state index contributed by atoms with van der Waals surface area (Å²) < 4.78 is 13.0. The number of nitrogens with two attached hydrogens (primary N) is 1. The average molecular weight is 289 g/mol. The monoisotopic (exact) mass is 289 g/mol. The second kappa shape index (κ2) is 7.13. The largest absolute Gasteiger partial charge is 0.490 e. The van der Waals surface area contributed by atoms with Gasteiger partial charge in [-0.25, -0.2) is 0 Å². The fourth-order valence-corrected chi connectivity index (χ4v) is 2.21. The van der Waals surface area contributed by atoms with Crippen LogP contribution in [0.3, 0.4) is 0 Å². The lowest BCUT2D eigenvalue weighted by atomic mass is 10.0. The number of aryl methyl sites for hydroxylation is 1. The molecule has 1 atom stereocenters. The van der Waals surface area contributed by atoms with E-state index in [0.717, 1.165) is 22.8 Å². The summed E-state index contributed by atoms with van der Waals surface area (Å²) in [6, 6.07) is 7.73. The Hall–Kier alpha value is -2.01. The molecule has 0 saturated heterocycles. The second-order valence-corrected chi connectivity index (χ2v) is 4.86. The lowest BCUT2D eigenvalue weighted by Gasteiger charge is -2.15. The summed E-state index contributed by atoms with van der Waals surface area (Å²) in [6.45, 7) is 5.12. The van der Waals surface area contributed by atoms with Crippen LogP contribution in [0.2, 0.25) is 0 Å². The van der Waals surface area contributed by atoms with Crippen LogP contribution in [0.1, 0.15) is 31.1 Å². The molecule has 0 bridgehead atoms. The van der Waals surface area contributed by atoms with E-state index in [2.05, 4.69) is 5.10 Å². The van der Waals surface area contributed by atoms with Crippen LogP contribution in [0.4, 0.5) is 0 Å². The first-order chi connectivity index (χ1) is 10.1. The van der Waals surface area contributed by atoms with Gasteiger partial charge in [0.1, 0.15) is 0 Å². The molecule has 5 heteroatoms. The number of benzene rings is 1. The summed E-state index contributed by atoms with van der Waals surface area (Å²) >= 11 is 0. The summed E-state index contributed by atoms with van der Waals surface area (Å²) in [4.78, 5) is 0. The van der Waals surface area contributed by atoms with Crippen molar-refractivity contribution in [2.45, 2.75) is 26.3 Å². The van der Waals surface area contributed by atoms with Crippen molar-refractivity contribution >= 4 is 0 Å². The fraction of sp³-hybridized carbons (Fsp3) is 0.438. The van der Waals surface area contributed by atoms with Crippen LogP contribution < -0.4 is 15.2 Å². The Morgan fingerprint density at radius 1 is 1.14 bits per heavy atom. The van der Waals surface area contributed by atoms with Crippen molar-refractivity contribution in [3.8, 4) is 11.5 Å². The molecule has 5 nitrogen and oxygen atoms in total. The molecule has 0 aliphatic rings. The molecule has 0 spiro atoms. The van der Waals surface area contributed by atoms with Crippen LogP contribution in [0.15, 0.2) is 30.5 Å². The number of rotatable bonds is 7. The van der Waals surface area contributed by atoms with E-state index < -0.39 is 0 Å². The molecule has 2 N–H and O–H groups in total. The van der Waals surface area contributed by atoms with Crippen molar-refractivity contribution in [3.05, 3.63) is 41.7 Å². The Morgan fingerprint density at radius 2 is 1.86 bits per heavy atom. The summed E-state index contributed by atoms with van der Waals surface area (Å²) in [5.74, 6) is 1.50. The van der Waals surface area contributed by atoms with E-state index in [-0.39, 0.29) is 6.04 Å². The molecule has 0 radical (unpaired) electrons. The predicted octanol–water partition coefficient (Wildman–Crippen LogP) is 2.46. The number of hydrogen-bond acceptors (Lipinski definition) is 4. The van der Waals surface area contributed by atoms with Gasteiger partial charge in [0.2, 0.25) is 0 Å². The van der Waals surface area contributed by atoms with Gasteiger partial charge in [0.25, 0.3) is 0 Å². The van der Waals surface area contributed by atoms with Gasteiger partial charge in [-0.15, -0.1) is 0 Å². The molecule has 0 aliphatic heterocycles. The number of nitrogens with zero attached hydrogens (tertiary/aromatic N) is 2. The Labute approximate surface area is 125 Å². The average Bonchev–Trinajstić information content (AvgIpc) is 2.86. The molecular weight excluding hydrogens is 266 g/mol. The van der Waals surface area contributed by atoms with Gasteiger partial charge in [0.15, 0.2) is 11.5 Å². The Kier molecular flexibility index (Phi) is 5.22. The van der Waals surface area contributed by atoms with Crippen molar-refractivity contribution in [3.63, 3.8) is 0 Å². The van der Waals surface area contributed by atoms with Gasteiger partial charge in [0, 0.05) is 25.7 Å². The summed E-state index contributed by atoms with van der Waals surface area (Å²) in [5, 5.41) is 4.36. The van der Waals surface area contributed by atoms with Crippen molar-refractivity contribution in [1.82, 2.24) is 9.78 Å². The van der Waals surface area contributed by atoms with Gasteiger partial charge in [-0.3, -0.25) is 4.68 Å². The van der Waals surface area contributed by atoms with Crippen LogP contribution >= 0.6 is 0 Å². The molecule has 2 rings (SSSR count). The highest BCUT2D eigenvalue weighted by atomic mass is 16.5. The van der Waals surface area contributed by atoms with Gasteiger partial charge in [-0.1, -0.05) is 6.07 Å². The lowest BCUT2D eigenvalue weighted by Crippen LogP contribution is -2.14. The molecule has 1 aromatic carbocycles. The van der Waals surface area contributed by atoms with Gasteiger partial charge in [-0.2, -0.15) is 5.10 Å². The molecule has 21 heavy (non-hydrogen) atoms. The van der Waals surface area contributed by atoms with Crippen molar-refractivity contribution < 1.29 is 9.47 Å². The molecular formula is C16H23N3O2. The van der Waals surface area contributed by atoms with Crippen LogP contribution in [-0.4, -0.2) is 23.0 Å². The Morgan fingerprint density at radius 3 is 2.48 bits per heavy atom. The smallest absolute Gasteiger partial charge is 0.161 e. The fourth-order valence-electron chi connectivity index (χ4n) is 2.21. The third-order valence-electron chi connectivity index (χ3n) is 3.19. The van der Waals surface area contributed by atoms with E-state index in [1.54, 1.807) is 4.68 Å². The zero-order valence-corrected chi connectivity index (χ0v) is 12.9. The minimum absolute atomic E-state index is 0.116. The van der Waals surface area contributed by atoms with E-state index in [9.17, 15) is 0 Å². The van der Waals surface area contributed by atoms with Crippen molar-refractivity contribution in [1.29, 1.82) is 0 Å². The first-order valence-electron chi connectivity index (χ1n) is 7.27. The van der Waals surface area contributed by atoms with Crippen LogP contribution in [0.5, 0.6) is 11.5 Å². The van der Waals surface area contributed by atoms with Gasteiger partial charge < -0.3 is 15.2 Å². The van der Waals surface area contributed by atoms with E-state index in [1.807, 2.05) is 51.4 Å². The van der Waals surface area contributed by atoms with Crippen LogP contribution in [0.25, 0.3) is 0 Å². The minimum Gasteiger partial charge on any atom is -0.490 e.